The lowest BCUT2D eigenvalue weighted by Crippen LogP contribution is -2.42. The Hall–Kier alpha value is -3.98. The van der Waals surface area contributed by atoms with Crippen LogP contribution in [0.3, 0.4) is 0 Å². The maximum Gasteiger partial charge on any atom is 0.316 e. The van der Waals surface area contributed by atoms with E-state index in [9.17, 15) is 14.4 Å². The molecule has 2 heterocycles. The highest BCUT2D eigenvalue weighted by molar-refractivity contribution is 8.14. The van der Waals surface area contributed by atoms with Gasteiger partial charge in [-0.15, -0.1) is 0 Å². The summed E-state index contributed by atoms with van der Waals surface area (Å²) in [6.45, 7) is 6.64. The molecule has 1 amide bonds. The molecule has 4 rings (SSSR count). The molecule has 0 saturated carbocycles. The van der Waals surface area contributed by atoms with E-state index in [1.165, 1.54) is 18.7 Å². The molecule has 9 heteroatoms. The van der Waals surface area contributed by atoms with Crippen molar-refractivity contribution in [2.75, 3.05) is 12.4 Å². The maximum atomic E-state index is 13.1. The number of nitrogens with zero attached hydrogens (tertiary/aromatic N) is 4. The van der Waals surface area contributed by atoms with E-state index in [2.05, 4.69) is 4.99 Å². The highest BCUT2D eigenvalue weighted by atomic mass is 32.2. The summed E-state index contributed by atoms with van der Waals surface area (Å²) in [6.07, 6.45) is 1.85. The highest BCUT2D eigenvalue weighted by Gasteiger charge is 2.39. The highest BCUT2D eigenvalue weighted by Crippen LogP contribution is 2.41. The predicted molar refractivity (Wildman–Crippen MR) is 144 cm³/mol. The van der Waals surface area contributed by atoms with Crippen LogP contribution in [0.15, 0.2) is 83.1 Å². The molecule has 0 fully saturated rings. The van der Waals surface area contributed by atoms with Gasteiger partial charge in [-0.2, -0.15) is 5.10 Å². The molecule has 3 aromatic rings. The Labute approximate surface area is 220 Å². The minimum Gasteiger partial charge on any atom is -0.465 e. The molecule has 0 radical (unpaired) electrons. The summed E-state index contributed by atoms with van der Waals surface area (Å²) >= 11 is 1.11. The number of hydrogen-bond donors (Lipinski definition) is 0. The summed E-state index contributed by atoms with van der Waals surface area (Å²) < 4.78 is 6.81. The Morgan fingerprint density at radius 1 is 1.00 bits per heavy atom. The van der Waals surface area contributed by atoms with E-state index in [0.29, 0.717) is 27.7 Å². The number of allylic oxidation sites excluding steroid dienone is 1. The Bertz CT molecular complexity index is 1380. The number of carbonyl (C=O) groups excluding carboxylic acids is 3. The molecule has 2 aromatic carbocycles. The topological polar surface area (TPSA) is 93.9 Å². The fraction of sp³-hybridized carbons (Fsp3) is 0.250. The lowest BCUT2D eigenvalue weighted by atomic mass is 9.91. The normalized spacial score (nSPS) is 15.4. The van der Waals surface area contributed by atoms with Gasteiger partial charge in [0, 0.05) is 35.5 Å². The van der Waals surface area contributed by atoms with Crippen LogP contribution in [-0.4, -0.2) is 49.9 Å². The first-order valence-corrected chi connectivity index (χ1v) is 12.9. The quantitative estimate of drug-likeness (QED) is 0.412. The minimum absolute atomic E-state index is 0.0132. The second kappa shape index (κ2) is 11.4. The first-order chi connectivity index (χ1) is 17.8. The van der Waals surface area contributed by atoms with Crippen LogP contribution < -0.4 is 0 Å². The second-order valence-electron chi connectivity index (χ2n) is 8.41. The van der Waals surface area contributed by atoms with Gasteiger partial charge in [0.1, 0.15) is 0 Å². The molecule has 0 aliphatic carbocycles. The zero-order valence-corrected chi connectivity index (χ0v) is 22.0. The van der Waals surface area contributed by atoms with E-state index in [1.807, 2.05) is 66.9 Å². The van der Waals surface area contributed by atoms with Crippen LogP contribution in [-0.2, 0) is 19.1 Å². The average Bonchev–Trinajstić information content (AvgIpc) is 3.33. The summed E-state index contributed by atoms with van der Waals surface area (Å²) in [7, 11) is 0. The first-order valence-electron chi connectivity index (χ1n) is 11.9. The molecule has 190 valence electrons. The molecule has 1 aromatic heterocycles. The Kier molecular flexibility index (Phi) is 8.03. The Morgan fingerprint density at radius 3 is 2.24 bits per heavy atom. The van der Waals surface area contributed by atoms with E-state index >= 15 is 0 Å². The number of Topliss-reactive ketones (excluding diaryl/α,β-unsaturated/α-hetero) is 1. The Balaban J connectivity index is 1.91. The standard InChI is InChI=1S/C28H28N4O4S/c1-5-36-24(35)17-37-28-29-18(2)25(19(3)33)27(32(28)20(4)34)23-16-31(22-14-10-7-11-15-22)30-26(23)21-12-8-6-9-13-21/h6-16,27H,5,17H2,1-4H3. The number of ether oxygens (including phenoxy) is 1. The van der Waals surface area contributed by atoms with Crippen molar-refractivity contribution >= 4 is 34.6 Å². The fourth-order valence-corrected chi connectivity index (χ4v) is 5.21. The zero-order valence-electron chi connectivity index (χ0n) is 21.2. The van der Waals surface area contributed by atoms with Gasteiger partial charge in [-0.25, -0.2) is 9.67 Å². The number of esters is 1. The number of thioether (sulfide) groups is 1. The monoisotopic (exact) mass is 516 g/mol. The molecule has 0 bridgehead atoms. The van der Waals surface area contributed by atoms with Crippen molar-refractivity contribution in [3.05, 3.63) is 83.7 Å². The van der Waals surface area contributed by atoms with Gasteiger partial charge in [0.15, 0.2) is 11.0 Å². The molecule has 37 heavy (non-hydrogen) atoms. The van der Waals surface area contributed by atoms with Crippen LogP contribution in [0.1, 0.15) is 39.3 Å². The van der Waals surface area contributed by atoms with Crippen LogP contribution in [0.2, 0.25) is 0 Å². The second-order valence-corrected chi connectivity index (χ2v) is 9.36. The molecular formula is C28H28N4O4S. The minimum atomic E-state index is -0.773. The van der Waals surface area contributed by atoms with Crippen LogP contribution in [0.5, 0.6) is 0 Å². The van der Waals surface area contributed by atoms with Gasteiger partial charge in [0.25, 0.3) is 0 Å². The van der Waals surface area contributed by atoms with Gasteiger partial charge >= 0.3 is 5.97 Å². The first kappa shape index (κ1) is 26.1. The number of aliphatic imine (C=N–C) groups is 1. The zero-order chi connectivity index (χ0) is 26.5. The number of carbonyl (C=O) groups is 3. The van der Waals surface area contributed by atoms with E-state index in [4.69, 9.17) is 9.84 Å². The van der Waals surface area contributed by atoms with E-state index in [1.54, 1.807) is 18.5 Å². The third kappa shape index (κ3) is 5.56. The number of benzene rings is 2. The number of hydrogen-bond acceptors (Lipinski definition) is 7. The average molecular weight is 517 g/mol. The lowest BCUT2D eigenvalue weighted by molar-refractivity contribution is -0.140. The van der Waals surface area contributed by atoms with Gasteiger partial charge in [-0.05, 0) is 32.9 Å². The number of aromatic nitrogens is 2. The predicted octanol–water partition coefficient (Wildman–Crippen LogP) is 4.96. The maximum absolute atomic E-state index is 13.1. The number of amides is 1. The number of ketones is 1. The number of amidine groups is 1. The van der Waals surface area contributed by atoms with E-state index in [0.717, 1.165) is 23.0 Å². The molecule has 1 atom stereocenters. The molecule has 0 spiro atoms. The summed E-state index contributed by atoms with van der Waals surface area (Å²) in [4.78, 5) is 44.2. The van der Waals surface area contributed by atoms with Crippen molar-refractivity contribution in [3.63, 3.8) is 0 Å². The summed E-state index contributed by atoms with van der Waals surface area (Å²) in [5, 5.41) is 5.22. The van der Waals surface area contributed by atoms with Gasteiger partial charge in [-0.3, -0.25) is 19.3 Å². The molecule has 1 unspecified atom stereocenters. The third-order valence-corrected chi connectivity index (χ3v) is 6.77. The molecular weight excluding hydrogens is 488 g/mol. The molecule has 0 N–H and O–H groups in total. The Morgan fingerprint density at radius 2 is 1.65 bits per heavy atom. The number of rotatable bonds is 7. The van der Waals surface area contributed by atoms with Crippen LogP contribution in [0, 0.1) is 0 Å². The molecule has 0 saturated heterocycles. The molecule has 1 aliphatic heterocycles. The van der Waals surface area contributed by atoms with Crippen molar-refractivity contribution in [1.82, 2.24) is 14.7 Å². The summed E-state index contributed by atoms with van der Waals surface area (Å²) in [6, 6.07) is 18.5. The molecule has 1 aliphatic rings. The van der Waals surface area contributed by atoms with Crippen LogP contribution >= 0.6 is 11.8 Å². The number of para-hydroxylation sites is 1. The van der Waals surface area contributed by atoms with Crippen molar-refractivity contribution in [3.8, 4) is 16.9 Å². The fourth-order valence-electron chi connectivity index (χ4n) is 4.30. The van der Waals surface area contributed by atoms with E-state index < -0.39 is 12.0 Å². The third-order valence-electron chi connectivity index (χ3n) is 5.84. The molecule has 8 nitrogen and oxygen atoms in total. The van der Waals surface area contributed by atoms with Crippen molar-refractivity contribution < 1.29 is 19.1 Å². The van der Waals surface area contributed by atoms with Crippen molar-refractivity contribution in [2.24, 2.45) is 4.99 Å². The summed E-state index contributed by atoms with van der Waals surface area (Å²) in [5.74, 6) is -0.923. The smallest absolute Gasteiger partial charge is 0.316 e. The van der Waals surface area contributed by atoms with Crippen LogP contribution in [0.4, 0.5) is 0 Å². The summed E-state index contributed by atoms with van der Waals surface area (Å²) in [5.41, 5.74) is 3.90. The largest absolute Gasteiger partial charge is 0.465 e. The van der Waals surface area contributed by atoms with Gasteiger partial charge in [0.05, 0.1) is 29.8 Å². The van der Waals surface area contributed by atoms with Crippen molar-refractivity contribution in [2.45, 2.75) is 33.7 Å². The van der Waals surface area contributed by atoms with Gasteiger partial charge in [-0.1, -0.05) is 60.3 Å². The van der Waals surface area contributed by atoms with Crippen molar-refractivity contribution in [1.29, 1.82) is 0 Å². The van der Waals surface area contributed by atoms with E-state index in [-0.39, 0.29) is 24.1 Å². The SMILES string of the molecule is CCOC(=O)CSC1=NC(C)=C(C(C)=O)C(c2cn(-c3ccccc3)nc2-c2ccccc2)N1C(C)=O. The lowest BCUT2D eigenvalue weighted by Gasteiger charge is -2.36. The van der Waals surface area contributed by atoms with Crippen LogP contribution in [0.25, 0.3) is 16.9 Å². The van der Waals surface area contributed by atoms with Gasteiger partial charge < -0.3 is 4.74 Å². The van der Waals surface area contributed by atoms with Gasteiger partial charge in [0.2, 0.25) is 5.91 Å².